The zero-order valence-electron chi connectivity index (χ0n) is 15.9. The van der Waals surface area contributed by atoms with E-state index in [0.29, 0.717) is 11.8 Å². The van der Waals surface area contributed by atoms with Gasteiger partial charge in [-0.05, 0) is 30.7 Å². The number of fused-ring (bicyclic) bond motifs is 1. The smallest absolute Gasteiger partial charge is 0.242 e. The summed E-state index contributed by atoms with van der Waals surface area (Å²) in [6.07, 6.45) is 1.12. The fraction of sp³-hybridized carbons (Fsp3) is 0.409. The number of anilines is 2. The maximum atomic E-state index is 13.0. The van der Waals surface area contributed by atoms with Crippen LogP contribution in [0.4, 0.5) is 11.4 Å². The van der Waals surface area contributed by atoms with Crippen LogP contribution < -0.4 is 9.80 Å². The summed E-state index contributed by atoms with van der Waals surface area (Å²) < 4.78 is 0. The van der Waals surface area contributed by atoms with Crippen LogP contribution in [-0.2, 0) is 4.79 Å². The summed E-state index contributed by atoms with van der Waals surface area (Å²) in [4.78, 5) is 21.0. The Kier molecular flexibility index (Phi) is 5.58. The van der Waals surface area contributed by atoms with E-state index in [0.717, 1.165) is 39.1 Å². The van der Waals surface area contributed by atoms with Crippen molar-refractivity contribution in [1.29, 1.82) is 0 Å². The minimum atomic E-state index is 0.249. The molecule has 0 N–H and O–H groups in total. The van der Waals surface area contributed by atoms with Gasteiger partial charge >= 0.3 is 0 Å². The molecule has 0 aliphatic carbocycles. The standard InChI is InChI=1S/C22H27N3OS/c1-2-19-16-25(20-10-6-7-11-21(20)27-19)17-22(26)24-14-12-23(13-15-24)18-8-4-3-5-9-18/h3-11,19H,2,12-17H2,1H3/t19-/m1/s1. The van der Waals surface area contributed by atoms with E-state index in [4.69, 9.17) is 0 Å². The van der Waals surface area contributed by atoms with Crippen LogP contribution >= 0.6 is 11.8 Å². The summed E-state index contributed by atoms with van der Waals surface area (Å²) in [6, 6.07) is 19.0. The Hall–Kier alpha value is -2.14. The van der Waals surface area contributed by atoms with Crippen LogP contribution in [0.1, 0.15) is 13.3 Å². The molecule has 2 heterocycles. The average Bonchev–Trinajstić information content (AvgIpc) is 2.74. The molecule has 0 radical (unpaired) electrons. The molecule has 2 aliphatic rings. The fourth-order valence-corrected chi connectivity index (χ4v) is 5.11. The van der Waals surface area contributed by atoms with Gasteiger partial charge in [0.05, 0.1) is 12.2 Å². The Bertz CT molecular complexity index is 774. The molecular formula is C22H27N3OS. The van der Waals surface area contributed by atoms with Gasteiger partial charge in [-0.25, -0.2) is 0 Å². The van der Waals surface area contributed by atoms with Crippen molar-refractivity contribution in [3.63, 3.8) is 0 Å². The first-order valence-corrected chi connectivity index (χ1v) is 10.7. The van der Waals surface area contributed by atoms with Gasteiger partial charge in [0.25, 0.3) is 0 Å². The van der Waals surface area contributed by atoms with Gasteiger partial charge in [0.15, 0.2) is 0 Å². The number of benzene rings is 2. The van der Waals surface area contributed by atoms with Crippen molar-refractivity contribution in [2.75, 3.05) is 49.1 Å². The monoisotopic (exact) mass is 381 g/mol. The van der Waals surface area contributed by atoms with E-state index >= 15 is 0 Å². The quantitative estimate of drug-likeness (QED) is 0.806. The number of amides is 1. The molecule has 5 heteroatoms. The Balaban J connectivity index is 1.38. The molecule has 2 aromatic rings. The van der Waals surface area contributed by atoms with Gasteiger partial charge in [-0.15, -0.1) is 11.8 Å². The second-order valence-corrected chi connectivity index (χ2v) is 8.54. The summed E-state index contributed by atoms with van der Waals surface area (Å²) >= 11 is 1.95. The second kappa shape index (κ2) is 8.26. The molecule has 2 aliphatic heterocycles. The summed E-state index contributed by atoms with van der Waals surface area (Å²) in [7, 11) is 0. The van der Waals surface area contributed by atoms with Gasteiger partial charge in [0.1, 0.15) is 0 Å². The van der Waals surface area contributed by atoms with Crippen molar-refractivity contribution >= 4 is 29.0 Å². The molecule has 27 heavy (non-hydrogen) atoms. The van der Waals surface area contributed by atoms with Crippen LogP contribution in [-0.4, -0.2) is 55.3 Å². The van der Waals surface area contributed by atoms with E-state index < -0.39 is 0 Å². The van der Waals surface area contributed by atoms with E-state index in [2.05, 4.69) is 65.3 Å². The van der Waals surface area contributed by atoms with Crippen molar-refractivity contribution < 1.29 is 4.79 Å². The van der Waals surface area contributed by atoms with Crippen molar-refractivity contribution in [1.82, 2.24) is 4.90 Å². The molecular weight excluding hydrogens is 354 g/mol. The number of hydrogen-bond acceptors (Lipinski definition) is 4. The van der Waals surface area contributed by atoms with E-state index in [1.165, 1.54) is 16.3 Å². The van der Waals surface area contributed by atoms with Crippen molar-refractivity contribution in [2.45, 2.75) is 23.5 Å². The number of carbonyl (C=O) groups is 1. The Morgan fingerprint density at radius 3 is 2.44 bits per heavy atom. The van der Waals surface area contributed by atoms with Crippen molar-refractivity contribution in [3.8, 4) is 0 Å². The van der Waals surface area contributed by atoms with Crippen LogP contribution in [0.3, 0.4) is 0 Å². The number of nitrogens with zero attached hydrogens (tertiary/aromatic N) is 3. The SMILES string of the molecule is CC[C@@H]1CN(CC(=O)N2CCN(c3ccccc3)CC2)c2ccccc2S1. The second-order valence-electron chi connectivity index (χ2n) is 7.20. The number of para-hydroxylation sites is 2. The molecule has 1 amide bonds. The van der Waals surface area contributed by atoms with Gasteiger partial charge < -0.3 is 14.7 Å². The largest absolute Gasteiger partial charge is 0.368 e. The number of piperazine rings is 1. The fourth-order valence-electron chi connectivity index (χ4n) is 3.86. The Morgan fingerprint density at radius 2 is 1.70 bits per heavy atom. The van der Waals surface area contributed by atoms with Crippen LogP contribution in [0.15, 0.2) is 59.5 Å². The number of thioether (sulfide) groups is 1. The molecule has 1 saturated heterocycles. The van der Waals surface area contributed by atoms with Crippen LogP contribution in [0, 0.1) is 0 Å². The van der Waals surface area contributed by atoms with Gasteiger partial charge in [-0.2, -0.15) is 0 Å². The van der Waals surface area contributed by atoms with E-state index in [1.54, 1.807) is 0 Å². The lowest BCUT2D eigenvalue weighted by Crippen LogP contribution is -2.52. The molecule has 1 fully saturated rings. The highest BCUT2D eigenvalue weighted by molar-refractivity contribution is 8.00. The normalized spacial score (nSPS) is 19.7. The molecule has 0 spiro atoms. The Morgan fingerprint density at radius 1 is 1.00 bits per heavy atom. The van der Waals surface area contributed by atoms with E-state index in [9.17, 15) is 4.79 Å². The Labute approximate surface area is 166 Å². The van der Waals surface area contributed by atoms with Crippen LogP contribution in [0.5, 0.6) is 0 Å². The molecule has 0 saturated carbocycles. The predicted molar refractivity (Wildman–Crippen MR) is 114 cm³/mol. The molecule has 0 aromatic heterocycles. The van der Waals surface area contributed by atoms with Crippen LogP contribution in [0.25, 0.3) is 0 Å². The van der Waals surface area contributed by atoms with Gasteiger partial charge in [-0.3, -0.25) is 4.79 Å². The van der Waals surface area contributed by atoms with E-state index in [1.807, 2.05) is 22.7 Å². The number of carbonyl (C=O) groups excluding carboxylic acids is 1. The lowest BCUT2D eigenvalue weighted by Gasteiger charge is -2.39. The van der Waals surface area contributed by atoms with Gasteiger partial charge in [-0.1, -0.05) is 37.3 Å². The minimum absolute atomic E-state index is 0.249. The average molecular weight is 382 g/mol. The number of rotatable bonds is 4. The van der Waals surface area contributed by atoms with Gasteiger partial charge in [0, 0.05) is 48.6 Å². The lowest BCUT2D eigenvalue weighted by molar-refractivity contribution is -0.130. The predicted octanol–water partition coefficient (Wildman–Crippen LogP) is 3.73. The molecule has 1 atom stereocenters. The molecule has 0 unspecified atom stereocenters. The summed E-state index contributed by atoms with van der Waals surface area (Å²) in [6.45, 7) is 7.08. The lowest BCUT2D eigenvalue weighted by atomic mass is 10.2. The molecule has 4 nitrogen and oxygen atoms in total. The molecule has 0 bridgehead atoms. The minimum Gasteiger partial charge on any atom is -0.368 e. The highest BCUT2D eigenvalue weighted by Crippen LogP contribution is 2.39. The van der Waals surface area contributed by atoms with Crippen molar-refractivity contribution in [2.24, 2.45) is 0 Å². The highest BCUT2D eigenvalue weighted by atomic mass is 32.2. The summed E-state index contributed by atoms with van der Waals surface area (Å²) in [5.41, 5.74) is 2.46. The highest BCUT2D eigenvalue weighted by Gasteiger charge is 2.28. The third-order valence-corrected chi connectivity index (χ3v) is 6.87. The zero-order chi connectivity index (χ0) is 18.6. The third-order valence-electron chi connectivity index (χ3n) is 5.46. The van der Waals surface area contributed by atoms with Crippen LogP contribution in [0.2, 0.25) is 0 Å². The maximum Gasteiger partial charge on any atom is 0.242 e. The topological polar surface area (TPSA) is 26.8 Å². The first-order valence-electron chi connectivity index (χ1n) is 9.83. The number of hydrogen-bond donors (Lipinski definition) is 0. The first-order chi connectivity index (χ1) is 13.2. The summed E-state index contributed by atoms with van der Waals surface area (Å²) in [5, 5.41) is 0.558. The summed E-state index contributed by atoms with van der Waals surface area (Å²) in [5.74, 6) is 0.249. The van der Waals surface area contributed by atoms with Crippen molar-refractivity contribution in [3.05, 3.63) is 54.6 Å². The molecule has 2 aromatic carbocycles. The van der Waals surface area contributed by atoms with E-state index in [-0.39, 0.29) is 5.91 Å². The van der Waals surface area contributed by atoms with Gasteiger partial charge in [0.2, 0.25) is 5.91 Å². The first kappa shape index (κ1) is 18.2. The zero-order valence-corrected chi connectivity index (χ0v) is 16.7. The third kappa shape index (κ3) is 4.08. The molecule has 4 rings (SSSR count). The maximum absolute atomic E-state index is 13.0. The molecule has 142 valence electrons.